The number of carbonyl (C=O) groups excluding carboxylic acids is 3. The van der Waals surface area contributed by atoms with E-state index in [9.17, 15) is 14.4 Å². The van der Waals surface area contributed by atoms with Crippen LogP contribution >= 0.6 is 15.9 Å². The maximum absolute atomic E-state index is 12.1. The smallest absolute Gasteiger partial charge is 0.265 e. The SMILES string of the molecule is CC1Oc2ccc(NC(=O)CCNC(=O)c3ccc(Br)cc3)cc2NC1=O. The molecule has 0 aromatic heterocycles. The van der Waals surface area contributed by atoms with E-state index >= 15 is 0 Å². The van der Waals surface area contributed by atoms with Crippen molar-refractivity contribution in [1.29, 1.82) is 0 Å². The minimum Gasteiger partial charge on any atom is -0.479 e. The predicted octanol–water partition coefficient (Wildman–Crippen LogP) is 2.93. The summed E-state index contributed by atoms with van der Waals surface area (Å²) in [5, 5.41) is 8.17. The van der Waals surface area contributed by atoms with Gasteiger partial charge in [-0.25, -0.2) is 0 Å². The predicted molar refractivity (Wildman–Crippen MR) is 105 cm³/mol. The second-order valence-electron chi connectivity index (χ2n) is 6.02. The average Bonchev–Trinajstić information content (AvgIpc) is 2.63. The van der Waals surface area contributed by atoms with Crippen molar-refractivity contribution in [2.45, 2.75) is 19.4 Å². The van der Waals surface area contributed by atoms with Crippen LogP contribution in [0.4, 0.5) is 11.4 Å². The molecule has 3 N–H and O–H groups in total. The van der Waals surface area contributed by atoms with E-state index in [-0.39, 0.29) is 30.7 Å². The summed E-state index contributed by atoms with van der Waals surface area (Å²) in [6.07, 6.45) is -0.425. The fourth-order valence-electron chi connectivity index (χ4n) is 2.50. The maximum atomic E-state index is 12.1. The Labute approximate surface area is 164 Å². The molecule has 7 nitrogen and oxygen atoms in total. The van der Waals surface area contributed by atoms with Gasteiger partial charge in [0.2, 0.25) is 5.91 Å². The highest BCUT2D eigenvalue weighted by Gasteiger charge is 2.23. The zero-order valence-electron chi connectivity index (χ0n) is 14.5. The number of rotatable bonds is 5. The Kier molecular flexibility index (Phi) is 5.75. The number of halogens is 1. The summed E-state index contributed by atoms with van der Waals surface area (Å²) < 4.78 is 6.36. The van der Waals surface area contributed by atoms with Crippen LogP contribution in [0.1, 0.15) is 23.7 Å². The lowest BCUT2D eigenvalue weighted by molar-refractivity contribution is -0.122. The highest BCUT2D eigenvalue weighted by Crippen LogP contribution is 2.32. The monoisotopic (exact) mass is 431 g/mol. The second-order valence-corrected chi connectivity index (χ2v) is 6.94. The summed E-state index contributed by atoms with van der Waals surface area (Å²) in [6, 6.07) is 12.0. The number of benzene rings is 2. The van der Waals surface area contributed by atoms with Crippen LogP contribution in [-0.2, 0) is 9.59 Å². The lowest BCUT2D eigenvalue weighted by atomic mass is 10.2. The molecule has 2 aromatic carbocycles. The van der Waals surface area contributed by atoms with Gasteiger partial charge < -0.3 is 20.7 Å². The molecule has 3 amide bonds. The molecule has 2 aromatic rings. The molecule has 1 heterocycles. The van der Waals surface area contributed by atoms with Gasteiger partial charge in [-0.3, -0.25) is 14.4 Å². The molecule has 27 heavy (non-hydrogen) atoms. The van der Waals surface area contributed by atoms with Crippen molar-refractivity contribution >= 4 is 45.0 Å². The Morgan fingerprint density at radius 3 is 2.67 bits per heavy atom. The van der Waals surface area contributed by atoms with Crippen LogP contribution < -0.4 is 20.7 Å². The first-order valence-corrected chi connectivity index (χ1v) is 9.17. The highest BCUT2D eigenvalue weighted by atomic mass is 79.9. The molecular weight excluding hydrogens is 414 g/mol. The molecule has 0 fully saturated rings. The fraction of sp³-hybridized carbons (Fsp3) is 0.211. The molecule has 140 valence electrons. The molecule has 0 saturated heterocycles. The standard InChI is InChI=1S/C19H18BrN3O4/c1-11-18(25)23-15-10-14(6-7-16(15)27-11)22-17(24)8-9-21-19(26)12-2-4-13(20)5-3-12/h2-7,10-11H,8-9H2,1H3,(H,21,26)(H,22,24)(H,23,25). The van der Waals surface area contributed by atoms with Crippen LogP contribution in [0.3, 0.4) is 0 Å². The number of carbonyl (C=O) groups is 3. The molecule has 0 bridgehead atoms. The van der Waals surface area contributed by atoms with Gasteiger partial charge in [0.25, 0.3) is 11.8 Å². The molecule has 3 rings (SSSR count). The largest absolute Gasteiger partial charge is 0.479 e. The van der Waals surface area contributed by atoms with Gasteiger partial charge in [-0.2, -0.15) is 0 Å². The zero-order chi connectivity index (χ0) is 19.4. The van der Waals surface area contributed by atoms with Crippen molar-refractivity contribution in [2.24, 2.45) is 0 Å². The maximum Gasteiger partial charge on any atom is 0.265 e. The van der Waals surface area contributed by atoms with Gasteiger partial charge in [0, 0.05) is 28.7 Å². The van der Waals surface area contributed by atoms with Crippen molar-refractivity contribution in [2.75, 3.05) is 17.2 Å². The minimum absolute atomic E-state index is 0.124. The van der Waals surface area contributed by atoms with Crippen molar-refractivity contribution in [3.8, 4) is 5.75 Å². The Bertz CT molecular complexity index is 883. The minimum atomic E-state index is -0.549. The van der Waals surface area contributed by atoms with Gasteiger partial charge >= 0.3 is 0 Å². The van der Waals surface area contributed by atoms with E-state index in [0.717, 1.165) is 4.47 Å². The number of amides is 3. The number of hydrogen-bond donors (Lipinski definition) is 3. The average molecular weight is 432 g/mol. The van der Waals surface area contributed by atoms with E-state index in [1.165, 1.54) is 0 Å². The van der Waals surface area contributed by atoms with E-state index in [1.807, 2.05) is 0 Å². The first-order chi connectivity index (χ1) is 12.9. The summed E-state index contributed by atoms with van der Waals surface area (Å²) in [5.41, 5.74) is 1.58. The molecule has 0 saturated carbocycles. The van der Waals surface area contributed by atoms with Crippen LogP contribution in [0.15, 0.2) is 46.9 Å². The number of anilines is 2. The molecule has 1 aliphatic rings. The third kappa shape index (κ3) is 4.85. The molecule has 1 atom stereocenters. The van der Waals surface area contributed by atoms with Crippen molar-refractivity contribution in [1.82, 2.24) is 5.32 Å². The summed E-state index contributed by atoms with van der Waals surface area (Å²) in [6.45, 7) is 1.87. The number of ether oxygens (including phenoxy) is 1. The fourth-order valence-corrected chi connectivity index (χ4v) is 2.77. The van der Waals surface area contributed by atoms with Gasteiger partial charge in [0.1, 0.15) is 5.75 Å². The topological polar surface area (TPSA) is 96.5 Å². The van der Waals surface area contributed by atoms with Crippen molar-refractivity contribution in [3.63, 3.8) is 0 Å². The van der Waals surface area contributed by atoms with E-state index in [4.69, 9.17) is 4.74 Å². The molecular formula is C19H18BrN3O4. The van der Waals surface area contributed by atoms with Crippen LogP contribution in [0.5, 0.6) is 5.75 Å². The first-order valence-electron chi connectivity index (χ1n) is 8.37. The first kappa shape index (κ1) is 18.9. The number of fused-ring (bicyclic) bond motifs is 1. The quantitative estimate of drug-likeness (QED) is 0.677. The summed E-state index contributed by atoms with van der Waals surface area (Å²) in [7, 11) is 0. The number of nitrogens with one attached hydrogen (secondary N) is 3. The van der Waals surface area contributed by atoms with Gasteiger partial charge in [-0.15, -0.1) is 0 Å². The summed E-state index contributed by atoms with van der Waals surface area (Å²) in [5.74, 6) is -0.163. The van der Waals surface area contributed by atoms with Crippen LogP contribution in [0.25, 0.3) is 0 Å². The molecule has 0 spiro atoms. The highest BCUT2D eigenvalue weighted by molar-refractivity contribution is 9.10. The molecule has 0 aliphatic carbocycles. The van der Waals surface area contributed by atoms with E-state index in [1.54, 1.807) is 49.4 Å². The second kappa shape index (κ2) is 8.22. The van der Waals surface area contributed by atoms with E-state index in [2.05, 4.69) is 31.9 Å². The van der Waals surface area contributed by atoms with Gasteiger partial charge in [0.05, 0.1) is 5.69 Å². The Morgan fingerprint density at radius 1 is 1.19 bits per heavy atom. The van der Waals surface area contributed by atoms with E-state index < -0.39 is 6.10 Å². The summed E-state index contributed by atoms with van der Waals surface area (Å²) >= 11 is 3.31. The van der Waals surface area contributed by atoms with Crippen LogP contribution in [0.2, 0.25) is 0 Å². The molecule has 1 unspecified atom stereocenters. The third-order valence-corrected chi connectivity index (χ3v) is 4.47. The normalized spacial score (nSPS) is 15.2. The lowest BCUT2D eigenvalue weighted by Crippen LogP contribution is -2.34. The van der Waals surface area contributed by atoms with Gasteiger partial charge in [-0.1, -0.05) is 15.9 Å². The Hall–Kier alpha value is -2.87. The van der Waals surface area contributed by atoms with Gasteiger partial charge in [-0.05, 0) is 49.4 Å². The van der Waals surface area contributed by atoms with E-state index in [0.29, 0.717) is 22.7 Å². The molecule has 1 aliphatic heterocycles. The Balaban J connectivity index is 1.49. The Morgan fingerprint density at radius 2 is 1.93 bits per heavy atom. The third-order valence-electron chi connectivity index (χ3n) is 3.94. The van der Waals surface area contributed by atoms with Crippen LogP contribution in [0, 0.1) is 0 Å². The summed E-state index contributed by atoms with van der Waals surface area (Å²) in [4.78, 5) is 35.7. The molecule has 8 heteroatoms. The zero-order valence-corrected chi connectivity index (χ0v) is 16.1. The van der Waals surface area contributed by atoms with Crippen molar-refractivity contribution < 1.29 is 19.1 Å². The molecule has 0 radical (unpaired) electrons. The van der Waals surface area contributed by atoms with Crippen LogP contribution in [-0.4, -0.2) is 30.4 Å². The van der Waals surface area contributed by atoms with Crippen molar-refractivity contribution in [3.05, 3.63) is 52.5 Å². The van der Waals surface area contributed by atoms with Gasteiger partial charge in [0.15, 0.2) is 6.10 Å². The lowest BCUT2D eigenvalue weighted by Gasteiger charge is -2.23. The number of hydrogen-bond acceptors (Lipinski definition) is 4.